The van der Waals surface area contributed by atoms with Crippen LogP contribution in [0.3, 0.4) is 0 Å². The Morgan fingerprint density at radius 3 is 2.39 bits per heavy atom. The molecule has 4 heteroatoms. The molecule has 94 valence electrons. The summed E-state index contributed by atoms with van der Waals surface area (Å²) < 4.78 is 3.25. The van der Waals surface area contributed by atoms with Crippen LogP contribution in [0.2, 0.25) is 0 Å². The van der Waals surface area contributed by atoms with Crippen LogP contribution in [0.5, 0.6) is 0 Å². The quantitative estimate of drug-likeness (QED) is 0.635. The molecule has 1 N–H and O–H groups in total. The van der Waals surface area contributed by atoms with Gasteiger partial charge in [-0.3, -0.25) is 0 Å². The zero-order valence-electron chi connectivity index (χ0n) is 9.81. The molecule has 0 aliphatic rings. The Kier molecular flexibility index (Phi) is 4.87. The Morgan fingerprint density at radius 2 is 1.72 bits per heavy atom. The molecule has 0 aliphatic carbocycles. The molecule has 0 saturated heterocycles. The average Bonchev–Trinajstić information content (AvgIpc) is 2.29. The zero-order chi connectivity index (χ0) is 13.1. The van der Waals surface area contributed by atoms with Crippen LogP contribution in [-0.4, -0.2) is 0 Å². The minimum absolute atomic E-state index is 0.807. The highest BCUT2D eigenvalue weighted by Crippen LogP contribution is 2.25. The first-order chi connectivity index (χ1) is 8.54. The summed E-state index contributed by atoms with van der Waals surface area (Å²) in [6.45, 7) is 2.90. The summed E-state index contributed by atoms with van der Waals surface area (Å²) in [5.74, 6) is 0. The van der Waals surface area contributed by atoms with Gasteiger partial charge in [0, 0.05) is 25.7 Å². The van der Waals surface area contributed by atoms with E-state index in [2.05, 4.69) is 90.4 Å². The largest absolute Gasteiger partial charge is 0.381 e. The van der Waals surface area contributed by atoms with Crippen LogP contribution >= 0.6 is 47.8 Å². The van der Waals surface area contributed by atoms with E-state index in [1.165, 1.54) is 11.1 Å². The van der Waals surface area contributed by atoms with Gasteiger partial charge in [-0.25, -0.2) is 0 Å². The SMILES string of the molecule is Cc1cc(Br)cc(NCc2ccc(Br)c(Br)c2)c1. The Bertz CT molecular complexity index is 547. The monoisotopic (exact) mass is 431 g/mol. The van der Waals surface area contributed by atoms with Crippen molar-refractivity contribution in [3.8, 4) is 0 Å². The van der Waals surface area contributed by atoms with Gasteiger partial charge in [0.1, 0.15) is 0 Å². The first-order valence-electron chi connectivity index (χ1n) is 5.49. The Balaban J connectivity index is 2.08. The van der Waals surface area contributed by atoms with E-state index in [1.807, 2.05) is 6.07 Å². The smallest absolute Gasteiger partial charge is 0.0401 e. The van der Waals surface area contributed by atoms with Crippen LogP contribution in [0.1, 0.15) is 11.1 Å². The maximum atomic E-state index is 3.51. The molecule has 0 amide bonds. The van der Waals surface area contributed by atoms with Crippen molar-refractivity contribution in [2.24, 2.45) is 0 Å². The Hall–Kier alpha value is -0.320. The third-order valence-electron chi connectivity index (χ3n) is 2.52. The number of halogens is 3. The van der Waals surface area contributed by atoms with E-state index in [1.54, 1.807) is 0 Å². The van der Waals surface area contributed by atoms with Crippen molar-refractivity contribution >= 4 is 53.5 Å². The van der Waals surface area contributed by atoms with Crippen LogP contribution in [-0.2, 0) is 6.54 Å². The molecule has 0 radical (unpaired) electrons. The van der Waals surface area contributed by atoms with E-state index in [0.29, 0.717) is 0 Å². The van der Waals surface area contributed by atoms with Crippen molar-refractivity contribution in [3.63, 3.8) is 0 Å². The first kappa shape index (κ1) is 14.1. The second kappa shape index (κ2) is 6.22. The molecular formula is C14H12Br3N. The Labute approximate surface area is 132 Å². The van der Waals surface area contributed by atoms with Gasteiger partial charge in [-0.2, -0.15) is 0 Å². The van der Waals surface area contributed by atoms with Crippen molar-refractivity contribution in [1.29, 1.82) is 0 Å². The lowest BCUT2D eigenvalue weighted by molar-refractivity contribution is 1.14. The van der Waals surface area contributed by atoms with Crippen molar-refractivity contribution in [1.82, 2.24) is 0 Å². The summed E-state index contributed by atoms with van der Waals surface area (Å²) in [6, 6.07) is 12.6. The number of nitrogens with one attached hydrogen (secondary N) is 1. The number of hydrogen-bond donors (Lipinski definition) is 1. The molecule has 2 rings (SSSR count). The molecule has 0 saturated carbocycles. The van der Waals surface area contributed by atoms with Crippen LogP contribution < -0.4 is 5.32 Å². The molecule has 0 aromatic heterocycles. The molecule has 18 heavy (non-hydrogen) atoms. The first-order valence-corrected chi connectivity index (χ1v) is 7.87. The minimum Gasteiger partial charge on any atom is -0.381 e. The summed E-state index contributed by atoms with van der Waals surface area (Å²) in [6.07, 6.45) is 0. The molecule has 0 fully saturated rings. The molecule has 0 spiro atoms. The van der Waals surface area contributed by atoms with E-state index < -0.39 is 0 Å². The van der Waals surface area contributed by atoms with Gasteiger partial charge < -0.3 is 5.32 Å². The predicted octanol–water partition coefficient (Wildman–Crippen LogP) is 5.89. The Morgan fingerprint density at radius 1 is 0.944 bits per heavy atom. The summed E-state index contributed by atoms with van der Waals surface area (Å²) in [7, 11) is 0. The summed E-state index contributed by atoms with van der Waals surface area (Å²) >= 11 is 10.5. The molecule has 2 aromatic carbocycles. The number of hydrogen-bond acceptors (Lipinski definition) is 1. The highest BCUT2D eigenvalue weighted by atomic mass is 79.9. The van der Waals surface area contributed by atoms with E-state index in [-0.39, 0.29) is 0 Å². The number of rotatable bonds is 3. The second-order valence-corrected chi connectivity index (χ2v) is 6.74. The molecule has 1 nitrogen and oxygen atoms in total. The highest BCUT2D eigenvalue weighted by molar-refractivity contribution is 9.13. The van der Waals surface area contributed by atoms with Crippen LogP contribution in [0.4, 0.5) is 5.69 Å². The molecule has 0 bridgehead atoms. The molecule has 0 heterocycles. The van der Waals surface area contributed by atoms with E-state index >= 15 is 0 Å². The third kappa shape index (κ3) is 3.84. The van der Waals surface area contributed by atoms with Gasteiger partial charge in [0.15, 0.2) is 0 Å². The number of benzene rings is 2. The lowest BCUT2D eigenvalue weighted by atomic mass is 10.2. The fraction of sp³-hybridized carbons (Fsp3) is 0.143. The second-order valence-electron chi connectivity index (χ2n) is 4.12. The van der Waals surface area contributed by atoms with Gasteiger partial charge in [0.25, 0.3) is 0 Å². The van der Waals surface area contributed by atoms with Gasteiger partial charge in [0.05, 0.1) is 0 Å². The summed E-state index contributed by atoms with van der Waals surface area (Å²) in [4.78, 5) is 0. The van der Waals surface area contributed by atoms with Crippen molar-refractivity contribution in [2.45, 2.75) is 13.5 Å². The third-order valence-corrected chi connectivity index (χ3v) is 4.86. The summed E-state index contributed by atoms with van der Waals surface area (Å²) in [5, 5.41) is 3.42. The van der Waals surface area contributed by atoms with Gasteiger partial charge in [-0.05, 0) is 80.2 Å². The minimum atomic E-state index is 0.807. The normalized spacial score (nSPS) is 10.4. The van der Waals surface area contributed by atoms with Crippen LogP contribution in [0.15, 0.2) is 49.8 Å². The lowest BCUT2D eigenvalue weighted by Gasteiger charge is -2.09. The molecular weight excluding hydrogens is 422 g/mol. The molecule has 2 aromatic rings. The van der Waals surface area contributed by atoms with Crippen LogP contribution in [0, 0.1) is 6.92 Å². The van der Waals surface area contributed by atoms with E-state index in [0.717, 1.165) is 25.7 Å². The maximum Gasteiger partial charge on any atom is 0.0401 e. The lowest BCUT2D eigenvalue weighted by Crippen LogP contribution is -1.99. The van der Waals surface area contributed by atoms with Crippen molar-refractivity contribution < 1.29 is 0 Å². The maximum absolute atomic E-state index is 3.51. The van der Waals surface area contributed by atoms with Gasteiger partial charge in [-0.1, -0.05) is 22.0 Å². The predicted molar refractivity (Wildman–Crippen MR) is 88.0 cm³/mol. The fourth-order valence-electron chi connectivity index (χ4n) is 1.69. The molecule has 0 atom stereocenters. The summed E-state index contributed by atoms with van der Waals surface area (Å²) in [5.41, 5.74) is 3.60. The van der Waals surface area contributed by atoms with E-state index in [9.17, 15) is 0 Å². The standard InChI is InChI=1S/C14H12Br3N/c1-9-4-11(15)7-12(5-9)18-8-10-2-3-13(16)14(17)6-10/h2-7,18H,8H2,1H3. The molecule has 0 unspecified atom stereocenters. The average molecular weight is 434 g/mol. The van der Waals surface area contributed by atoms with Gasteiger partial charge in [0.2, 0.25) is 0 Å². The molecule has 0 aliphatic heterocycles. The van der Waals surface area contributed by atoms with Gasteiger partial charge in [-0.15, -0.1) is 0 Å². The van der Waals surface area contributed by atoms with Gasteiger partial charge >= 0.3 is 0 Å². The highest BCUT2D eigenvalue weighted by Gasteiger charge is 2.00. The number of anilines is 1. The topological polar surface area (TPSA) is 12.0 Å². The van der Waals surface area contributed by atoms with Crippen molar-refractivity contribution in [3.05, 3.63) is 60.9 Å². The zero-order valence-corrected chi connectivity index (χ0v) is 14.6. The van der Waals surface area contributed by atoms with Crippen LogP contribution in [0.25, 0.3) is 0 Å². The van der Waals surface area contributed by atoms with E-state index in [4.69, 9.17) is 0 Å². The van der Waals surface area contributed by atoms with Crippen molar-refractivity contribution in [2.75, 3.05) is 5.32 Å². The number of aryl methyl sites for hydroxylation is 1. The fourth-order valence-corrected chi connectivity index (χ4v) is 2.97.